The van der Waals surface area contributed by atoms with E-state index in [9.17, 15) is 4.79 Å². The molecule has 3 aromatic rings. The molecule has 0 spiro atoms. The summed E-state index contributed by atoms with van der Waals surface area (Å²) in [5, 5.41) is 0. The molecule has 0 unspecified atom stereocenters. The van der Waals surface area contributed by atoms with E-state index in [0.29, 0.717) is 11.4 Å². The molecule has 0 aliphatic rings. The molecule has 0 saturated carbocycles. The molecule has 0 heterocycles. The van der Waals surface area contributed by atoms with Gasteiger partial charge in [0.15, 0.2) is 0 Å². The van der Waals surface area contributed by atoms with Gasteiger partial charge in [0.1, 0.15) is 0 Å². The molecule has 0 aromatic heterocycles. The summed E-state index contributed by atoms with van der Waals surface area (Å²) < 4.78 is 1.02. The van der Waals surface area contributed by atoms with Crippen LogP contribution in [0.3, 0.4) is 0 Å². The van der Waals surface area contributed by atoms with Crippen LogP contribution in [0.2, 0.25) is 0 Å². The smallest absolute Gasteiger partial charge is 0.241 e. The Labute approximate surface area is 160 Å². The summed E-state index contributed by atoms with van der Waals surface area (Å²) in [6.45, 7) is 0. The molecule has 3 rings (SSSR count). The van der Waals surface area contributed by atoms with Gasteiger partial charge >= 0.3 is 0 Å². The summed E-state index contributed by atoms with van der Waals surface area (Å²) in [5.74, 6) is 0.366. The number of amides is 1. The van der Waals surface area contributed by atoms with E-state index in [2.05, 4.69) is 15.9 Å². The molecule has 25 heavy (non-hydrogen) atoms. The largest absolute Gasteiger partial charge is 0.399 e. The maximum absolute atomic E-state index is 12.9. The topological polar surface area (TPSA) is 46.3 Å². The van der Waals surface area contributed by atoms with Crippen molar-refractivity contribution in [2.75, 3.05) is 16.4 Å². The Kier molecular flexibility index (Phi) is 5.79. The first-order valence-corrected chi connectivity index (χ1v) is 9.53. The van der Waals surface area contributed by atoms with Crippen LogP contribution in [0.25, 0.3) is 0 Å². The van der Waals surface area contributed by atoms with Gasteiger partial charge in [0.05, 0.1) is 5.75 Å². The third-order valence-electron chi connectivity index (χ3n) is 3.59. The number of rotatable bonds is 5. The molecule has 0 saturated heterocycles. The van der Waals surface area contributed by atoms with E-state index in [-0.39, 0.29) is 5.91 Å². The van der Waals surface area contributed by atoms with Crippen LogP contribution < -0.4 is 10.6 Å². The van der Waals surface area contributed by atoms with Crippen LogP contribution in [0.15, 0.2) is 88.2 Å². The molecule has 0 aliphatic heterocycles. The average molecular weight is 413 g/mol. The number of para-hydroxylation sites is 1. The first-order valence-electron chi connectivity index (χ1n) is 7.75. The van der Waals surface area contributed by atoms with E-state index in [1.165, 1.54) is 11.8 Å². The van der Waals surface area contributed by atoms with Gasteiger partial charge in [0.2, 0.25) is 5.91 Å². The molecule has 0 aliphatic carbocycles. The van der Waals surface area contributed by atoms with Crippen molar-refractivity contribution >= 4 is 50.7 Å². The normalized spacial score (nSPS) is 10.4. The summed E-state index contributed by atoms with van der Waals surface area (Å²) in [6.07, 6.45) is 0. The fourth-order valence-corrected chi connectivity index (χ4v) is 3.39. The summed E-state index contributed by atoms with van der Waals surface area (Å²) in [4.78, 5) is 15.7. The van der Waals surface area contributed by atoms with Gasteiger partial charge in [-0.3, -0.25) is 9.69 Å². The Balaban J connectivity index is 1.82. The molecule has 3 nitrogen and oxygen atoms in total. The maximum atomic E-state index is 12.9. The number of hydrogen-bond acceptors (Lipinski definition) is 3. The number of anilines is 3. The Morgan fingerprint density at radius 3 is 2.12 bits per heavy atom. The summed E-state index contributed by atoms with van der Waals surface area (Å²) in [7, 11) is 0. The van der Waals surface area contributed by atoms with Crippen molar-refractivity contribution in [2.24, 2.45) is 0 Å². The molecule has 5 heteroatoms. The lowest BCUT2D eigenvalue weighted by Crippen LogP contribution is -2.27. The highest BCUT2D eigenvalue weighted by Gasteiger charge is 2.18. The van der Waals surface area contributed by atoms with Gasteiger partial charge in [-0.25, -0.2) is 0 Å². The van der Waals surface area contributed by atoms with Crippen LogP contribution in [0.4, 0.5) is 17.1 Å². The number of carbonyl (C=O) groups excluding carboxylic acids is 1. The van der Waals surface area contributed by atoms with E-state index in [1.807, 2.05) is 66.7 Å². The van der Waals surface area contributed by atoms with Crippen LogP contribution in [-0.4, -0.2) is 11.7 Å². The number of halogens is 1. The first-order chi connectivity index (χ1) is 12.1. The van der Waals surface area contributed by atoms with Gasteiger partial charge in [0, 0.05) is 26.4 Å². The van der Waals surface area contributed by atoms with Crippen molar-refractivity contribution in [3.05, 3.63) is 83.3 Å². The van der Waals surface area contributed by atoms with E-state index >= 15 is 0 Å². The zero-order valence-electron chi connectivity index (χ0n) is 13.4. The van der Waals surface area contributed by atoms with Crippen molar-refractivity contribution in [1.29, 1.82) is 0 Å². The maximum Gasteiger partial charge on any atom is 0.241 e. The third kappa shape index (κ3) is 4.65. The molecule has 3 aromatic carbocycles. The highest BCUT2D eigenvalue weighted by atomic mass is 79.9. The standard InChI is InChI=1S/C20H17BrN2OS/c21-15-6-12-19(13-7-15)25-14-20(24)23(17-4-2-1-3-5-17)18-10-8-16(22)9-11-18/h1-13H,14,22H2. The minimum Gasteiger partial charge on any atom is -0.399 e. The first kappa shape index (κ1) is 17.6. The van der Waals surface area contributed by atoms with Gasteiger partial charge in [-0.1, -0.05) is 34.1 Å². The number of benzene rings is 3. The summed E-state index contributed by atoms with van der Waals surface area (Å²) in [6, 6.07) is 24.9. The van der Waals surface area contributed by atoms with E-state index in [1.54, 1.807) is 17.0 Å². The number of thioether (sulfide) groups is 1. The zero-order chi connectivity index (χ0) is 17.6. The highest BCUT2D eigenvalue weighted by Crippen LogP contribution is 2.28. The Morgan fingerprint density at radius 1 is 0.880 bits per heavy atom. The summed E-state index contributed by atoms with van der Waals surface area (Å²) in [5.41, 5.74) is 8.10. The second kappa shape index (κ2) is 8.23. The van der Waals surface area contributed by atoms with Crippen molar-refractivity contribution < 1.29 is 4.79 Å². The van der Waals surface area contributed by atoms with Crippen molar-refractivity contribution in [3.8, 4) is 0 Å². The third-order valence-corrected chi connectivity index (χ3v) is 5.12. The lowest BCUT2D eigenvalue weighted by atomic mass is 10.2. The SMILES string of the molecule is Nc1ccc(N(C(=O)CSc2ccc(Br)cc2)c2ccccc2)cc1. The number of nitrogens with two attached hydrogens (primary N) is 1. The number of nitrogen functional groups attached to an aromatic ring is 1. The second-order valence-corrected chi connectivity index (χ2v) is 7.36. The van der Waals surface area contributed by atoms with Gasteiger partial charge in [-0.2, -0.15) is 0 Å². The minimum absolute atomic E-state index is 0.0175. The monoisotopic (exact) mass is 412 g/mol. The van der Waals surface area contributed by atoms with Crippen molar-refractivity contribution in [3.63, 3.8) is 0 Å². The highest BCUT2D eigenvalue weighted by molar-refractivity contribution is 9.10. The van der Waals surface area contributed by atoms with Gasteiger partial charge in [0.25, 0.3) is 0 Å². The predicted molar refractivity (Wildman–Crippen MR) is 109 cm³/mol. The second-order valence-electron chi connectivity index (χ2n) is 5.40. The van der Waals surface area contributed by atoms with Crippen LogP contribution in [0.1, 0.15) is 0 Å². The molecular weight excluding hydrogens is 396 g/mol. The molecular formula is C20H17BrN2OS. The van der Waals surface area contributed by atoms with Gasteiger partial charge < -0.3 is 5.73 Å². The molecule has 0 bridgehead atoms. The Hall–Kier alpha value is -2.24. The predicted octanol–water partition coefficient (Wildman–Crippen LogP) is 5.49. The van der Waals surface area contributed by atoms with Crippen LogP contribution in [0, 0.1) is 0 Å². The molecule has 2 N–H and O–H groups in total. The zero-order valence-corrected chi connectivity index (χ0v) is 15.8. The number of hydrogen-bond donors (Lipinski definition) is 1. The van der Waals surface area contributed by atoms with E-state index < -0.39 is 0 Å². The lowest BCUT2D eigenvalue weighted by Gasteiger charge is -2.23. The molecule has 0 radical (unpaired) electrons. The van der Waals surface area contributed by atoms with Crippen molar-refractivity contribution in [1.82, 2.24) is 0 Å². The molecule has 126 valence electrons. The van der Waals surface area contributed by atoms with Gasteiger partial charge in [-0.05, 0) is 60.7 Å². The summed E-state index contributed by atoms with van der Waals surface area (Å²) >= 11 is 4.94. The molecule has 0 atom stereocenters. The van der Waals surface area contributed by atoms with Crippen LogP contribution >= 0.6 is 27.7 Å². The fourth-order valence-electron chi connectivity index (χ4n) is 2.38. The minimum atomic E-state index is 0.0175. The quantitative estimate of drug-likeness (QED) is 0.445. The number of carbonyl (C=O) groups is 1. The molecule has 1 amide bonds. The lowest BCUT2D eigenvalue weighted by molar-refractivity contribution is -0.115. The van der Waals surface area contributed by atoms with Gasteiger partial charge in [-0.15, -0.1) is 11.8 Å². The molecule has 0 fully saturated rings. The number of nitrogens with zero attached hydrogens (tertiary/aromatic N) is 1. The van der Waals surface area contributed by atoms with Crippen molar-refractivity contribution in [2.45, 2.75) is 4.90 Å². The average Bonchev–Trinajstić information content (AvgIpc) is 2.64. The van der Waals surface area contributed by atoms with E-state index in [0.717, 1.165) is 20.7 Å². The van der Waals surface area contributed by atoms with E-state index in [4.69, 9.17) is 5.73 Å². The fraction of sp³-hybridized carbons (Fsp3) is 0.0500. The Bertz CT molecular complexity index is 836. The van der Waals surface area contributed by atoms with Crippen LogP contribution in [-0.2, 0) is 4.79 Å². The van der Waals surface area contributed by atoms with Crippen LogP contribution in [0.5, 0.6) is 0 Å². The Morgan fingerprint density at radius 2 is 1.48 bits per heavy atom.